The Hall–Kier alpha value is -0.610. The Balaban J connectivity index is 2.16. The van der Waals surface area contributed by atoms with Crippen molar-refractivity contribution in [3.8, 4) is 0 Å². The molecule has 98 valence electrons. The van der Waals surface area contributed by atoms with E-state index < -0.39 is 0 Å². The Morgan fingerprint density at radius 1 is 1.33 bits per heavy atom. The van der Waals surface area contributed by atoms with E-state index in [1.54, 1.807) is 0 Å². The minimum absolute atomic E-state index is 0.438. The van der Waals surface area contributed by atoms with E-state index in [2.05, 4.69) is 46.8 Å². The predicted molar refractivity (Wildman–Crippen MR) is 85.3 cm³/mol. The Morgan fingerprint density at radius 2 is 1.94 bits per heavy atom. The fourth-order valence-corrected chi connectivity index (χ4v) is 3.16. The van der Waals surface area contributed by atoms with Gasteiger partial charge in [-0.1, -0.05) is 26.1 Å². The lowest BCUT2D eigenvalue weighted by Gasteiger charge is -2.38. The van der Waals surface area contributed by atoms with Crippen LogP contribution in [0.5, 0.6) is 0 Å². The van der Waals surface area contributed by atoms with Crippen molar-refractivity contribution in [2.45, 2.75) is 26.7 Å². The summed E-state index contributed by atoms with van der Waals surface area (Å²) in [5.74, 6) is 0. The standard InChI is InChI=1S/C14H19BrN2S/c1-14(2)5-7-17(8-6-14)10-3-4-11(13(16)18)12(15)9-10/h3-4,9H,5-8H2,1-2H3,(H2,16,18). The number of hydrogen-bond acceptors (Lipinski definition) is 2. The van der Waals surface area contributed by atoms with Crippen LogP contribution < -0.4 is 10.6 Å². The molecule has 0 saturated carbocycles. The third kappa shape index (κ3) is 3.04. The molecule has 0 atom stereocenters. The van der Waals surface area contributed by atoms with Crippen LogP contribution in [0.25, 0.3) is 0 Å². The van der Waals surface area contributed by atoms with Crippen LogP contribution in [0, 0.1) is 5.41 Å². The number of rotatable bonds is 2. The summed E-state index contributed by atoms with van der Waals surface area (Å²) in [5, 5.41) is 0. The second-order valence-corrected chi connectivity index (χ2v) is 6.97. The van der Waals surface area contributed by atoms with Gasteiger partial charge in [0.2, 0.25) is 0 Å². The van der Waals surface area contributed by atoms with Crippen molar-refractivity contribution in [2.75, 3.05) is 18.0 Å². The highest BCUT2D eigenvalue weighted by molar-refractivity contribution is 9.10. The van der Waals surface area contributed by atoms with Gasteiger partial charge in [0.05, 0.1) is 0 Å². The van der Waals surface area contributed by atoms with Gasteiger partial charge in [-0.3, -0.25) is 0 Å². The number of nitrogens with two attached hydrogens (primary N) is 1. The molecule has 1 heterocycles. The van der Waals surface area contributed by atoms with Gasteiger partial charge in [0.1, 0.15) is 4.99 Å². The van der Waals surface area contributed by atoms with Crippen molar-refractivity contribution in [1.82, 2.24) is 0 Å². The van der Waals surface area contributed by atoms with Crippen molar-refractivity contribution in [3.63, 3.8) is 0 Å². The summed E-state index contributed by atoms with van der Waals surface area (Å²) in [6.45, 7) is 6.92. The molecular formula is C14H19BrN2S. The van der Waals surface area contributed by atoms with Crippen LogP contribution in [0.1, 0.15) is 32.3 Å². The quantitative estimate of drug-likeness (QED) is 0.840. The summed E-state index contributed by atoms with van der Waals surface area (Å²) in [7, 11) is 0. The average molecular weight is 327 g/mol. The summed E-state index contributed by atoms with van der Waals surface area (Å²) in [6, 6.07) is 6.23. The Labute approximate surface area is 123 Å². The molecule has 0 amide bonds. The third-order valence-electron chi connectivity index (χ3n) is 3.70. The first kappa shape index (κ1) is 13.8. The Bertz CT molecular complexity index is 461. The first-order valence-electron chi connectivity index (χ1n) is 6.23. The molecule has 18 heavy (non-hydrogen) atoms. The smallest absolute Gasteiger partial charge is 0.105 e. The summed E-state index contributed by atoms with van der Waals surface area (Å²) in [5.41, 5.74) is 8.30. The van der Waals surface area contributed by atoms with E-state index in [0.29, 0.717) is 10.4 Å². The zero-order valence-electron chi connectivity index (χ0n) is 10.9. The zero-order chi connectivity index (χ0) is 13.3. The van der Waals surface area contributed by atoms with Gasteiger partial charge < -0.3 is 10.6 Å². The number of piperidine rings is 1. The maximum atomic E-state index is 5.67. The molecular weight excluding hydrogens is 308 g/mol. The third-order valence-corrected chi connectivity index (χ3v) is 4.58. The molecule has 1 saturated heterocycles. The number of halogens is 1. The molecule has 0 radical (unpaired) electrons. The van der Waals surface area contributed by atoms with Crippen molar-refractivity contribution < 1.29 is 0 Å². The van der Waals surface area contributed by atoms with E-state index >= 15 is 0 Å². The van der Waals surface area contributed by atoms with Gasteiger partial charge in [0.15, 0.2) is 0 Å². The van der Waals surface area contributed by atoms with Crippen molar-refractivity contribution in [2.24, 2.45) is 11.1 Å². The summed E-state index contributed by atoms with van der Waals surface area (Å²) < 4.78 is 0.984. The average Bonchev–Trinajstić information content (AvgIpc) is 2.28. The Kier molecular flexibility index (Phi) is 3.97. The van der Waals surface area contributed by atoms with Crippen molar-refractivity contribution in [3.05, 3.63) is 28.2 Å². The lowest BCUT2D eigenvalue weighted by molar-refractivity contribution is 0.280. The van der Waals surface area contributed by atoms with Crippen LogP contribution in [0.15, 0.2) is 22.7 Å². The lowest BCUT2D eigenvalue weighted by Crippen LogP contribution is -2.37. The fraction of sp³-hybridized carbons (Fsp3) is 0.500. The maximum absolute atomic E-state index is 5.67. The number of nitrogens with zero attached hydrogens (tertiary/aromatic N) is 1. The fourth-order valence-electron chi connectivity index (χ4n) is 2.27. The predicted octanol–water partition coefficient (Wildman–Crippen LogP) is 3.71. The minimum atomic E-state index is 0.438. The summed E-state index contributed by atoms with van der Waals surface area (Å²) in [4.78, 5) is 2.87. The van der Waals surface area contributed by atoms with Crippen LogP contribution >= 0.6 is 28.1 Å². The molecule has 2 N–H and O–H groups in total. The van der Waals surface area contributed by atoms with Gasteiger partial charge in [0, 0.05) is 28.8 Å². The summed E-state index contributed by atoms with van der Waals surface area (Å²) >= 11 is 8.56. The van der Waals surface area contributed by atoms with E-state index in [4.69, 9.17) is 18.0 Å². The molecule has 1 aromatic rings. The van der Waals surface area contributed by atoms with Crippen LogP contribution in [0.2, 0.25) is 0 Å². The molecule has 0 aliphatic carbocycles. The number of hydrogen-bond donors (Lipinski definition) is 1. The minimum Gasteiger partial charge on any atom is -0.389 e. The SMILES string of the molecule is CC1(C)CCN(c2ccc(C(N)=S)c(Br)c2)CC1. The van der Waals surface area contributed by atoms with Gasteiger partial charge in [-0.15, -0.1) is 0 Å². The maximum Gasteiger partial charge on any atom is 0.105 e. The molecule has 1 aliphatic rings. The van der Waals surface area contributed by atoms with E-state index in [0.717, 1.165) is 23.1 Å². The second kappa shape index (κ2) is 5.17. The highest BCUT2D eigenvalue weighted by atomic mass is 79.9. The zero-order valence-corrected chi connectivity index (χ0v) is 13.3. The largest absolute Gasteiger partial charge is 0.389 e. The Morgan fingerprint density at radius 3 is 2.44 bits per heavy atom. The normalized spacial score (nSPS) is 18.7. The molecule has 0 unspecified atom stereocenters. The molecule has 1 fully saturated rings. The van der Waals surface area contributed by atoms with Crippen molar-refractivity contribution in [1.29, 1.82) is 0 Å². The van der Waals surface area contributed by atoms with Crippen LogP contribution in [-0.4, -0.2) is 18.1 Å². The number of benzene rings is 1. The van der Waals surface area contributed by atoms with Gasteiger partial charge in [-0.05, 0) is 52.4 Å². The van der Waals surface area contributed by atoms with Crippen LogP contribution in [-0.2, 0) is 0 Å². The van der Waals surface area contributed by atoms with E-state index in [1.807, 2.05) is 6.07 Å². The number of thiocarbonyl (C=S) groups is 1. The second-order valence-electron chi connectivity index (χ2n) is 5.68. The first-order valence-corrected chi connectivity index (χ1v) is 7.43. The highest BCUT2D eigenvalue weighted by Crippen LogP contribution is 2.33. The van der Waals surface area contributed by atoms with Gasteiger partial charge in [0.25, 0.3) is 0 Å². The van der Waals surface area contributed by atoms with Gasteiger partial charge in [-0.2, -0.15) is 0 Å². The van der Waals surface area contributed by atoms with Crippen LogP contribution in [0.4, 0.5) is 5.69 Å². The lowest BCUT2D eigenvalue weighted by atomic mass is 9.82. The molecule has 2 rings (SSSR count). The molecule has 0 spiro atoms. The van der Waals surface area contributed by atoms with Crippen molar-refractivity contribution >= 4 is 38.8 Å². The topological polar surface area (TPSA) is 29.3 Å². The number of anilines is 1. The van der Waals surface area contributed by atoms with Crippen LogP contribution in [0.3, 0.4) is 0 Å². The molecule has 2 nitrogen and oxygen atoms in total. The van der Waals surface area contributed by atoms with E-state index in [9.17, 15) is 0 Å². The first-order chi connectivity index (χ1) is 8.39. The van der Waals surface area contributed by atoms with E-state index in [-0.39, 0.29) is 0 Å². The molecule has 0 aromatic heterocycles. The van der Waals surface area contributed by atoms with E-state index in [1.165, 1.54) is 18.5 Å². The van der Waals surface area contributed by atoms with Gasteiger partial charge in [-0.25, -0.2) is 0 Å². The highest BCUT2D eigenvalue weighted by Gasteiger charge is 2.25. The monoisotopic (exact) mass is 326 g/mol. The molecule has 1 aliphatic heterocycles. The summed E-state index contributed by atoms with van der Waals surface area (Å²) in [6.07, 6.45) is 2.48. The molecule has 1 aromatic carbocycles. The van der Waals surface area contributed by atoms with Gasteiger partial charge >= 0.3 is 0 Å². The molecule has 4 heteroatoms. The molecule has 0 bridgehead atoms.